The Morgan fingerprint density at radius 1 is 1.35 bits per heavy atom. The fourth-order valence-electron chi connectivity index (χ4n) is 1.58. The van der Waals surface area contributed by atoms with Gasteiger partial charge in [-0.1, -0.05) is 15.9 Å². The molecule has 0 fully saturated rings. The van der Waals surface area contributed by atoms with Crippen LogP contribution in [-0.4, -0.2) is 36.3 Å². The molecule has 0 radical (unpaired) electrons. The minimum Gasteiger partial charge on any atom is -0.344 e. The minimum absolute atomic E-state index is 0.193. The Morgan fingerprint density at radius 3 is 2.30 bits per heavy atom. The van der Waals surface area contributed by atoms with E-state index in [-0.39, 0.29) is 10.4 Å². The van der Waals surface area contributed by atoms with E-state index in [1.165, 1.54) is 11.8 Å². The molecule has 1 aromatic carbocycles. The molecule has 20 heavy (non-hydrogen) atoms. The van der Waals surface area contributed by atoms with Gasteiger partial charge in [0.15, 0.2) is 0 Å². The van der Waals surface area contributed by atoms with E-state index in [2.05, 4.69) is 21.2 Å². The van der Waals surface area contributed by atoms with Crippen LogP contribution in [0.5, 0.6) is 0 Å². The number of benzene rings is 1. The minimum atomic E-state index is -0.988. The molecule has 4 nitrogen and oxygen atoms in total. The maximum atomic E-state index is 13.6. The number of nitrogens with zero attached hydrogens (tertiary/aromatic N) is 1. The number of carbonyl (C=O) groups is 2. The van der Waals surface area contributed by atoms with Crippen molar-refractivity contribution in [3.05, 3.63) is 33.8 Å². The van der Waals surface area contributed by atoms with Crippen LogP contribution in [0.25, 0.3) is 0 Å². The molecule has 0 bridgehead atoms. The van der Waals surface area contributed by atoms with E-state index in [1.807, 2.05) is 0 Å². The Morgan fingerprint density at radius 2 is 1.85 bits per heavy atom. The SMILES string of the molecule is CCN(C)C(=O)C(C)NC(=O)c1c(F)cc(Br)cc1F. The predicted octanol–water partition coefficient (Wildman–Crippen LogP) is 2.32. The molecule has 1 rings (SSSR count). The van der Waals surface area contributed by atoms with Crippen LogP contribution < -0.4 is 5.32 Å². The second kappa shape index (κ2) is 6.78. The van der Waals surface area contributed by atoms with Crippen LogP contribution in [0.2, 0.25) is 0 Å². The molecule has 1 aromatic rings. The molecule has 0 aliphatic heterocycles. The van der Waals surface area contributed by atoms with E-state index < -0.39 is 29.1 Å². The van der Waals surface area contributed by atoms with Gasteiger partial charge in [0.25, 0.3) is 5.91 Å². The van der Waals surface area contributed by atoms with Gasteiger partial charge in [-0.2, -0.15) is 0 Å². The summed E-state index contributed by atoms with van der Waals surface area (Å²) >= 11 is 2.93. The molecule has 110 valence electrons. The normalized spacial score (nSPS) is 11.9. The number of halogens is 3. The van der Waals surface area contributed by atoms with Crippen LogP contribution >= 0.6 is 15.9 Å². The summed E-state index contributed by atoms with van der Waals surface area (Å²) in [5.74, 6) is -3.27. The smallest absolute Gasteiger partial charge is 0.257 e. The zero-order chi connectivity index (χ0) is 15.4. The summed E-state index contributed by atoms with van der Waals surface area (Å²) in [6.07, 6.45) is 0. The number of rotatable bonds is 4. The van der Waals surface area contributed by atoms with Crippen molar-refractivity contribution in [3.63, 3.8) is 0 Å². The Hall–Kier alpha value is -1.50. The molecule has 0 aliphatic carbocycles. The molecule has 1 atom stereocenters. The lowest BCUT2D eigenvalue weighted by Crippen LogP contribution is -2.45. The van der Waals surface area contributed by atoms with Crippen molar-refractivity contribution >= 4 is 27.7 Å². The lowest BCUT2D eigenvalue weighted by atomic mass is 10.1. The molecular formula is C13H15BrF2N2O2. The first-order chi connectivity index (χ1) is 9.27. The van der Waals surface area contributed by atoms with Gasteiger partial charge in [0, 0.05) is 18.1 Å². The molecule has 0 heterocycles. The molecule has 7 heteroatoms. The molecule has 0 saturated carbocycles. The van der Waals surface area contributed by atoms with Gasteiger partial charge < -0.3 is 10.2 Å². The van der Waals surface area contributed by atoms with Gasteiger partial charge in [-0.05, 0) is 26.0 Å². The second-order valence-electron chi connectivity index (χ2n) is 4.29. The molecule has 0 saturated heterocycles. The van der Waals surface area contributed by atoms with Gasteiger partial charge in [0.2, 0.25) is 5.91 Å². The van der Waals surface area contributed by atoms with Crippen LogP contribution in [0.15, 0.2) is 16.6 Å². The third-order valence-electron chi connectivity index (χ3n) is 2.80. The fourth-order valence-corrected chi connectivity index (χ4v) is 1.98. The monoisotopic (exact) mass is 348 g/mol. The van der Waals surface area contributed by atoms with Crippen molar-refractivity contribution in [1.82, 2.24) is 10.2 Å². The first-order valence-electron chi connectivity index (χ1n) is 5.98. The van der Waals surface area contributed by atoms with Crippen molar-refractivity contribution in [3.8, 4) is 0 Å². The summed E-state index contributed by atoms with van der Waals surface area (Å²) < 4.78 is 27.4. The van der Waals surface area contributed by atoms with E-state index in [0.717, 1.165) is 12.1 Å². The lowest BCUT2D eigenvalue weighted by Gasteiger charge is -2.20. The van der Waals surface area contributed by atoms with E-state index >= 15 is 0 Å². The highest BCUT2D eigenvalue weighted by atomic mass is 79.9. The van der Waals surface area contributed by atoms with Crippen molar-refractivity contribution in [1.29, 1.82) is 0 Å². The molecule has 0 aliphatic rings. The number of carbonyl (C=O) groups excluding carboxylic acids is 2. The number of amides is 2. The van der Waals surface area contributed by atoms with Crippen LogP contribution in [0, 0.1) is 11.6 Å². The molecule has 1 unspecified atom stereocenters. The van der Waals surface area contributed by atoms with E-state index in [0.29, 0.717) is 6.54 Å². The molecule has 0 spiro atoms. The van der Waals surface area contributed by atoms with Gasteiger partial charge in [-0.3, -0.25) is 9.59 Å². The van der Waals surface area contributed by atoms with Gasteiger partial charge in [0.1, 0.15) is 23.2 Å². The van der Waals surface area contributed by atoms with Crippen molar-refractivity contribution in [2.24, 2.45) is 0 Å². The zero-order valence-corrected chi connectivity index (χ0v) is 12.9. The number of hydrogen-bond donors (Lipinski definition) is 1. The highest BCUT2D eigenvalue weighted by Crippen LogP contribution is 2.19. The quantitative estimate of drug-likeness (QED) is 0.907. The van der Waals surface area contributed by atoms with Gasteiger partial charge in [0.05, 0.1) is 0 Å². The topological polar surface area (TPSA) is 49.4 Å². The standard InChI is InChI=1S/C13H15BrF2N2O2/c1-4-18(3)13(20)7(2)17-12(19)11-9(15)5-8(14)6-10(11)16/h5-7H,4H2,1-3H3,(H,17,19). The third-order valence-corrected chi connectivity index (χ3v) is 3.26. The van der Waals surface area contributed by atoms with Crippen LogP contribution in [0.1, 0.15) is 24.2 Å². The molecule has 0 aromatic heterocycles. The summed E-state index contributed by atoms with van der Waals surface area (Å²) in [5.41, 5.74) is -0.702. The maximum Gasteiger partial charge on any atom is 0.257 e. The predicted molar refractivity (Wildman–Crippen MR) is 74.3 cm³/mol. The Kier molecular flexibility index (Phi) is 5.62. The Labute approximate surface area is 124 Å². The maximum absolute atomic E-state index is 13.6. The molecule has 1 N–H and O–H groups in total. The Bertz CT molecular complexity index is 514. The van der Waals surface area contributed by atoms with Gasteiger partial charge in [-0.15, -0.1) is 0 Å². The summed E-state index contributed by atoms with van der Waals surface area (Å²) in [6.45, 7) is 3.71. The highest BCUT2D eigenvalue weighted by molar-refractivity contribution is 9.10. The Balaban J connectivity index is 2.90. The lowest BCUT2D eigenvalue weighted by molar-refractivity contribution is -0.131. The molecular weight excluding hydrogens is 334 g/mol. The second-order valence-corrected chi connectivity index (χ2v) is 5.21. The van der Waals surface area contributed by atoms with E-state index in [9.17, 15) is 18.4 Å². The van der Waals surface area contributed by atoms with Gasteiger partial charge >= 0.3 is 0 Å². The van der Waals surface area contributed by atoms with Crippen molar-refractivity contribution < 1.29 is 18.4 Å². The number of hydrogen-bond acceptors (Lipinski definition) is 2. The summed E-state index contributed by atoms with van der Waals surface area (Å²) in [6, 6.07) is 1.11. The third kappa shape index (κ3) is 3.75. The van der Waals surface area contributed by atoms with E-state index in [4.69, 9.17) is 0 Å². The van der Waals surface area contributed by atoms with Crippen molar-refractivity contribution in [2.75, 3.05) is 13.6 Å². The van der Waals surface area contributed by atoms with Crippen molar-refractivity contribution in [2.45, 2.75) is 19.9 Å². The van der Waals surface area contributed by atoms with Crippen LogP contribution in [0.4, 0.5) is 8.78 Å². The largest absolute Gasteiger partial charge is 0.344 e. The van der Waals surface area contributed by atoms with E-state index in [1.54, 1.807) is 14.0 Å². The summed E-state index contributed by atoms with van der Waals surface area (Å²) in [7, 11) is 1.58. The van der Waals surface area contributed by atoms with Crippen LogP contribution in [-0.2, 0) is 4.79 Å². The number of nitrogens with one attached hydrogen (secondary N) is 1. The summed E-state index contributed by atoms with van der Waals surface area (Å²) in [5, 5.41) is 2.29. The average Bonchev–Trinajstić information content (AvgIpc) is 2.35. The first kappa shape index (κ1) is 16.6. The van der Waals surface area contributed by atoms with Gasteiger partial charge in [-0.25, -0.2) is 8.78 Å². The highest BCUT2D eigenvalue weighted by Gasteiger charge is 2.23. The molecule has 2 amide bonds. The van der Waals surface area contributed by atoms with Crippen LogP contribution in [0.3, 0.4) is 0 Å². The zero-order valence-electron chi connectivity index (χ0n) is 11.3. The number of likely N-dealkylation sites (N-methyl/N-ethyl adjacent to an activating group) is 1. The summed E-state index contributed by atoms with van der Waals surface area (Å²) in [4.78, 5) is 25.0. The first-order valence-corrected chi connectivity index (χ1v) is 6.77. The fraction of sp³-hybridized carbons (Fsp3) is 0.385. The average molecular weight is 349 g/mol.